The Morgan fingerprint density at radius 1 is 1.10 bits per heavy atom. The molecule has 0 saturated carbocycles. The van der Waals surface area contributed by atoms with Crippen molar-refractivity contribution in [3.05, 3.63) is 52.3 Å². The maximum atomic E-state index is 14.4. The highest BCUT2D eigenvalue weighted by Crippen LogP contribution is 2.37. The van der Waals surface area contributed by atoms with E-state index in [2.05, 4.69) is 0 Å². The third-order valence-corrected chi connectivity index (χ3v) is 5.31. The van der Waals surface area contributed by atoms with E-state index in [1.807, 2.05) is 11.8 Å². The van der Waals surface area contributed by atoms with Crippen molar-refractivity contribution in [2.24, 2.45) is 0 Å². The minimum atomic E-state index is -0.439. The van der Waals surface area contributed by atoms with Gasteiger partial charge in [-0.1, -0.05) is 11.6 Å². The molecule has 0 bridgehead atoms. The zero-order valence-corrected chi connectivity index (χ0v) is 18.0. The van der Waals surface area contributed by atoms with Crippen LogP contribution in [-0.2, 0) is 0 Å². The summed E-state index contributed by atoms with van der Waals surface area (Å²) in [6.45, 7) is 5.48. The van der Waals surface area contributed by atoms with Crippen LogP contribution in [0.15, 0.2) is 30.3 Å². The first kappa shape index (κ1) is 21.9. The molecule has 0 atom stereocenters. The van der Waals surface area contributed by atoms with E-state index in [0.29, 0.717) is 66.1 Å². The van der Waals surface area contributed by atoms with E-state index >= 15 is 0 Å². The van der Waals surface area contributed by atoms with E-state index in [9.17, 15) is 14.0 Å². The first-order chi connectivity index (χ1) is 14.3. The average molecular weight is 435 g/mol. The van der Waals surface area contributed by atoms with Gasteiger partial charge >= 0.3 is 0 Å². The van der Waals surface area contributed by atoms with Gasteiger partial charge in [0.05, 0.1) is 24.4 Å². The number of methoxy groups -OCH3 is 1. The summed E-state index contributed by atoms with van der Waals surface area (Å²) < 4.78 is 25.2. The summed E-state index contributed by atoms with van der Waals surface area (Å²) >= 11 is 6.28. The molecule has 1 amide bonds. The van der Waals surface area contributed by atoms with Crippen molar-refractivity contribution in [2.75, 3.05) is 44.8 Å². The van der Waals surface area contributed by atoms with Crippen molar-refractivity contribution in [1.82, 2.24) is 4.90 Å². The van der Waals surface area contributed by atoms with Crippen LogP contribution in [0, 0.1) is 5.82 Å². The molecular formula is C22H24ClFN2O4. The number of hydrogen-bond acceptors (Lipinski definition) is 5. The summed E-state index contributed by atoms with van der Waals surface area (Å²) in [7, 11) is 1.49. The molecule has 2 aromatic carbocycles. The summed E-state index contributed by atoms with van der Waals surface area (Å²) in [6, 6.07) is 7.67. The Morgan fingerprint density at radius 2 is 1.80 bits per heavy atom. The fourth-order valence-corrected chi connectivity index (χ4v) is 3.71. The molecule has 0 N–H and O–H groups in total. The molecule has 0 radical (unpaired) electrons. The molecule has 3 rings (SSSR count). The number of Topliss-reactive ketones (excluding diaryl/α,β-unsaturated/α-hetero) is 1. The molecule has 6 nitrogen and oxygen atoms in total. The Bertz CT molecular complexity index is 958. The highest BCUT2D eigenvalue weighted by molar-refractivity contribution is 6.32. The Labute approximate surface area is 180 Å². The van der Waals surface area contributed by atoms with Gasteiger partial charge in [-0.15, -0.1) is 0 Å². The number of ether oxygens (including phenoxy) is 2. The summed E-state index contributed by atoms with van der Waals surface area (Å²) in [4.78, 5) is 27.9. The zero-order chi connectivity index (χ0) is 21.8. The van der Waals surface area contributed by atoms with Gasteiger partial charge in [0.1, 0.15) is 5.82 Å². The third-order valence-electron chi connectivity index (χ3n) is 5.03. The van der Waals surface area contributed by atoms with E-state index in [4.69, 9.17) is 21.1 Å². The Kier molecular flexibility index (Phi) is 6.82. The Balaban J connectivity index is 1.71. The second-order valence-electron chi connectivity index (χ2n) is 6.92. The summed E-state index contributed by atoms with van der Waals surface area (Å²) in [6.07, 6.45) is 0. The van der Waals surface area contributed by atoms with E-state index in [-0.39, 0.29) is 11.7 Å². The van der Waals surface area contributed by atoms with Crippen LogP contribution in [0.5, 0.6) is 11.5 Å². The predicted octanol–water partition coefficient (Wildman–Crippen LogP) is 4.05. The second-order valence-corrected chi connectivity index (χ2v) is 7.33. The lowest BCUT2D eigenvalue weighted by Crippen LogP contribution is -2.49. The fourth-order valence-electron chi connectivity index (χ4n) is 3.44. The number of piperazine rings is 1. The maximum absolute atomic E-state index is 14.4. The van der Waals surface area contributed by atoms with E-state index < -0.39 is 5.82 Å². The van der Waals surface area contributed by atoms with Crippen molar-refractivity contribution in [1.29, 1.82) is 0 Å². The molecule has 160 valence electrons. The first-order valence-corrected chi connectivity index (χ1v) is 10.1. The third kappa shape index (κ3) is 4.51. The van der Waals surface area contributed by atoms with Gasteiger partial charge < -0.3 is 19.3 Å². The lowest BCUT2D eigenvalue weighted by atomic mass is 10.1. The van der Waals surface area contributed by atoms with Gasteiger partial charge in [0.2, 0.25) is 0 Å². The van der Waals surface area contributed by atoms with E-state index in [1.165, 1.54) is 20.1 Å². The minimum Gasteiger partial charge on any atom is -0.493 e. The van der Waals surface area contributed by atoms with Crippen molar-refractivity contribution in [2.45, 2.75) is 13.8 Å². The number of hydrogen-bond donors (Lipinski definition) is 0. The predicted molar refractivity (Wildman–Crippen MR) is 114 cm³/mol. The molecule has 0 spiro atoms. The van der Waals surface area contributed by atoms with Gasteiger partial charge in [-0.2, -0.15) is 0 Å². The molecule has 0 aromatic heterocycles. The Hall–Kier alpha value is -2.80. The minimum absolute atomic E-state index is 0.176. The molecule has 8 heteroatoms. The molecule has 1 heterocycles. The number of carbonyl (C=O) groups is 2. The lowest BCUT2D eigenvalue weighted by molar-refractivity contribution is 0.0746. The number of nitrogens with zero attached hydrogens (tertiary/aromatic N) is 2. The second kappa shape index (κ2) is 9.34. The number of anilines is 1. The molecular weight excluding hydrogens is 411 g/mol. The lowest BCUT2D eigenvalue weighted by Gasteiger charge is -2.36. The topological polar surface area (TPSA) is 59.1 Å². The average Bonchev–Trinajstić information content (AvgIpc) is 2.74. The molecule has 1 aliphatic heterocycles. The molecule has 2 aromatic rings. The van der Waals surface area contributed by atoms with Crippen LogP contribution in [-0.4, -0.2) is 56.5 Å². The van der Waals surface area contributed by atoms with Crippen molar-refractivity contribution < 1.29 is 23.5 Å². The van der Waals surface area contributed by atoms with Crippen molar-refractivity contribution in [3.8, 4) is 11.5 Å². The quantitative estimate of drug-likeness (QED) is 0.642. The normalized spacial score (nSPS) is 13.9. The summed E-state index contributed by atoms with van der Waals surface area (Å²) in [5.74, 6) is 0.0163. The molecule has 0 aliphatic carbocycles. The number of benzene rings is 2. The van der Waals surface area contributed by atoms with E-state index in [0.717, 1.165) is 0 Å². The van der Waals surface area contributed by atoms with Crippen LogP contribution in [0.1, 0.15) is 34.6 Å². The number of halogens is 2. The van der Waals surface area contributed by atoms with Crippen LogP contribution in [0.2, 0.25) is 5.02 Å². The molecule has 30 heavy (non-hydrogen) atoms. The maximum Gasteiger partial charge on any atom is 0.254 e. The van der Waals surface area contributed by atoms with Crippen LogP contribution >= 0.6 is 11.6 Å². The van der Waals surface area contributed by atoms with Gasteiger partial charge in [-0.05, 0) is 44.2 Å². The van der Waals surface area contributed by atoms with Crippen molar-refractivity contribution >= 4 is 29.0 Å². The monoisotopic (exact) mass is 434 g/mol. The number of rotatable bonds is 6. The van der Waals surface area contributed by atoms with Gasteiger partial charge in [0, 0.05) is 37.3 Å². The van der Waals surface area contributed by atoms with Crippen LogP contribution < -0.4 is 14.4 Å². The first-order valence-electron chi connectivity index (χ1n) is 9.70. The molecule has 1 aliphatic rings. The molecule has 1 saturated heterocycles. The van der Waals surface area contributed by atoms with Gasteiger partial charge in [-0.3, -0.25) is 9.59 Å². The highest BCUT2D eigenvalue weighted by atomic mass is 35.5. The van der Waals surface area contributed by atoms with Crippen LogP contribution in [0.4, 0.5) is 10.1 Å². The van der Waals surface area contributed by atoms with Gasteiger partial charge in [-0.25, -0.2) is 4.39 Å². The van der Waals surface area contributed by atoms with Gasteiger partial charge in [0.25, 0.3) is 5.91 Å². The van der Waals surface area contributed by atoms with Crippen LogP contribution in [0.25, 0.3) is 0 Å². The summed E-state index contributed by atoms with van der Waals surface area (Å²) in [5.41, 5.74) is 1.18. The zero-order valence-electron chi connectivity index (χ0n) is 17.2. The summed E-state index contributed by atoms with van der Waals surface area (Å²) in [5, 5.41) is 0.311. The fraction of sp³-hybridized carbons (Fsp3) is 0.364. The van der Waals surface area contributed by atoms with E-state index in [1.54, 1.807) is 29.2 Å². The van der Waals surface area contributed by atoms with Gasteiger partial charge in [0.15, 0.2) is 17.3 Å². The highest BCUT2D eigenvalue weighted by Gasteiger charge is 2.25. The molecule has 1 fully saturated rings. The smallest absolute Gasteiger partial charge is 0.254 e. The standard InChI is InChI=1S/C22H24ClFN2O4/c1-4-30-21-17(23)11-16(13-20(21)29-3)22(28)26-9-7-25(8-10-26)19-6-5-15(14(2)27)12-18(19)24/h5-6,11-13H,4,7-10H2,1-3H3. The molecule has 0 unspecified atom stereocenters. The Morgan fingerprint density at radius 3 is 2.37 bits per heavy atom. The number of ketones is 1. The number of carbonyl (C=O) groups excluding carboxylic acids is 2. The largest absolute Gasteiger partial charge is 0.493 e. The number of amides is 1. The van der Waals surface area contributed by atoms with Crippen LogP contribution in [0.3, 0.4) is 0 Å². The van der Waals surface area contributed by atoms with Crippen molar-refractivity contribution in [3.63, 3.8) is 0 Å². The SMILES string of the molecule is CCOc1c(Cl)cc(C(=O)N2CCN(c3ccc(C(C)=O)cc3F)CC2)cc1OC.